The number of benzene rings is 1. The SMILES string of the molecule is COc1ccc(OC)c(NC(N)=NCc2ccnc(OCC3CC3)c2)c1. The van der Waals surface area contributed by atoms with Crippen LogP contribution in [0.1, 0.15) is 18.4 Å². The molecule has 3 rings (SSSR count). The zero-order valence-corrected chi connectivity index (χ0v) is 15.1. The fourth-order valence-electron chi connectivity index (χ4n) is 2.38. The fourth-order valence-corrected chi connectivity index (χ4v) is 2.38. The maximum absolute atomic E-state index is 6.01. The minimum atomic E-state index is 0.286. The molecule has 1 aromatic heterocycles. The third kappa shape index (κ3) is 5.02. The summed E-state index contributed by atoms with van der Waals surface area (Å²) in [7, 11) is 3.20. The van der Waals surface area contributed by atoms with Gasteiger partial charge in [0.25, 0.3) is 0 Å². The first-order chi connectivity index (χ1) is 12.7. The molecule has 26 heavy (non-hydrogen) atoms. The molecule has 0 amide bonds. The Morgan fingerprint density at radius 1 is 1.23 bits per heavy atom. The van der Waals surface area contributed by atoms with E-state index in [-0.39, 0.29) is 5.96 Å². The summed E-state index contributed by atoms with van der Waals surface area (Å²) in [5, 5.41) is 3.05. The van der Waals surface area contributed by atoms with E-state index in [9.17, 15) is 0 Å². The largest absolute Gasteiger partial charge is 0.497 e. The molecule has 0 atom stereocenters. The van der Waals surface area contributed by atoms with Crippen LogP contribution < -0.4 is 25.3 Å². The molecule has 7 heteroatoms. The Balaban J connectivity index is 1.62. The molecule has 0 unspecified atom stereocenters. The van der Waals surface area contributed by atoms with Crippen LogP contribution in [-0.2, 0) is 6.54 Å². The lowest BCUT2D eigenvalue weighted by atomic mass is 10.2. The molecule has 1 heterocycles. The van der Waals surface area contributed by atoms with E-state index in [0.717, 1.165) is 12.2 Å². The lowest BCUT2D eigenvalue weighted by Crippen LogP contribution is -2.23. The number of nitrogens with two attached hydrogens (primary N) is 1. The Hall–Kier alpha value is -2.96. The van der Waals surface area contributed by atoms with E-state index < -0.39 is 0 Å². The Morgan fingerprint density at radius 3 is 2.81 bits per heavy atom. The maximum Gasteiger partial charge on any atom is 0.213 e. The summed E-state index contributed by atoms with van der Waals surface area (Å²) in [6.07, 6.45) is 4.22. The molecule has 1 aliphatic carbocycles. The number of anilines is 1. The molecule has 0 radical (unpaired) electrons. The summed E-state index contributed by atoms with van der Waals surface area (Å²) in [6.45, 7) is 1.16. The Kier molecular flexibility index (Phi) is 5.78. The topological polar surface area (TPSA) is 91.0 Å². The second kappa shape index (κ2) is 8.42. The van der Waals surface area contributed by atoms with E-state index in [0.29, 0.717) is 35.5 Å². The predicted octanol–water partition coefficient (Wildman–Crippen LogP) is 2.81. The van der Waals surface area contributed by atoms with E-state index in [1.54, 1.807) is 32.5 Å². The van der Waals surface area contributed by atoms with Crippen LogP contribution in [0, 0.1) is 5.92 Å². The van der Waals surface area contributed by atoms with Gasteiger partial charge < -0.3 is 25.3 Å². The molecule has 1 saturated carbocycles. The molecular formula is C19H24N4O3. The first-order valence-electron chi connectivity index (χ1n) is 8.54. The fraction of sp³-hybridized carbons (Fsp3) is 0.368. The third-order valence-electron chi connectivity index (χ3n) is 4.06. The summed E-state index contributed by atoms with van der Waals surface area (Å²) >= 11 is 0. The zero-order chi connectivity index (χ0) is 18.4. The molecule has 1 aliphatic rings. The summed E-state index contributed by atoms with van der Waals surface area (Å²) in [5.41, 5.74) is 7.68. The highest BCUT2D eigenvalue weighted by molar-refractivity contribution is 5.94. The van der Waals surface area contributed by atoms with Crippen LogP contribution in [0.25, 0.3) is 0 Å². The van der Waals surface area contributed by atoms with Crippen molar-refractivity contribution >= 4 is 11.6 Å². The van der Waals surface area contributed by atoms with Crippen molar-refractivity contribution in [1.29, 1.82) is 0 Å². The number of nitrogens with zero attached hydrogens (tertiary/aromatic N) is 2. The van der Waals surface area contributed by atoms with Crippen LogP contribution in [0.3, 0.4) is 0 Å². The number of hydrogen-bond donors (Lipinski definition) is 2. The number of guanidine groups is 1. The first kappa shape index (κ1) is 17.8. The Bertz CT molecular complexity index is 775. The summed E-state index contributed by atoms with van der Waals surface area (Å²) in [5.74, 6) is 2.96. The number of pyridine rings is 1. The Morgan fingerprint density at radius 2 is 2.08 bits per heavy atom. The van der Waals surface area contributed by atoms with Crippen molar-refractivity contribution in [3.63, 3.8) is 0 Å². The standard InChI is InChI=1S/C19H24N4O3/c1-24-15-5-6-17(25-2)16(10-15)23-19(20)22-11-14-7-8-21-18(9-14)26-12-13-3-4-13/h5-10,13H,3-4,11-12H2,1-2H3,(H3,20,22,23). The average Bonchev–Trinajstić information content (AvgIpc) is 3.49. The van der Waals surface area contributed by atoms with Crippen LogP contribution >= 0.6 is 0 Å². The second-order valence-electron chi connectivity index (χ2n) is 6.15. The summed E-state index contributed by atoms with van der Waals surface area (Å²) < 4.78 is 16.2. The summed E-state index contributed by atoms with van der Waals surface area (Å²) in [4.78, 5) is 8.60. The second-order valence-corrected chi connectivity index (χ2v) is 6.15. The van der Waals surface area contributed by atoms with Gasteiger partial charge in [-0.25, -0.2) is 9.98 Å². The molecule has 1 aromatic carbocycles. The number of methoxy groups -OCH3 is 2. The average molecular weight is 356 g/mol. The van der Waals surface area contributed by atoms with Crippen molar-refractivity contribution < 1.29 is 14.2 Å². The van der Waals surface area contributed by atoms with Crippen molar-refractivity contribution in [3.05, 3.63) is 42.1 Å². The van der Waals surface area contributed by atoms with Crippen molar-refractivity contribution in [1.82, 2.24) is 4.98 Å². The zero-order valence-electron chi connectivity index (χ0n) is 15.1. The smallest absolute Gasteiger partial charge is 0.213 e. The van der Waals surface area contributed by atoms with Gasteiger partial charge in [-0.3, -0.25) is 0 Å². The minimum absolute atomic E-state index is 0.286. The molecule has 2 aromatic rings. The van der Waals surface area contributed by atoms with Gasteiger partial charge in [-0.05, 0) is 42.5 Å². The van der Waals surface area contributed by atoms with Crippen molar-refractivity contribution in [2.75, 3.05) is 26.1 Å². The van der Waals surface area contributed by atoms with Gasteiger partial charge in [0.2, 0.25) is 5.88 Å². The highest BCUT2D eigenvalue weighted by atomic mass is 16.5. The van der Waals surface area contributed by atoms with Crippen molar-refractivity contribution in [2.45, 2.75) is 19.4 Å². The van der Waals surface area contributed by atoms with E-state index in [1.165, 1.54) is 12.8 Å². The lowest BCUT2D eigenvalue weighted by molar-refractivity contribution is 0.288. The molecule has 0 spiro atoms. The molecular weight excluding hydrogens is 332 g/mol. The molecule has 7 nitrogen and oxygen atoms in total. The molecule has 0 saturated heterocycles. The quantitative estimate of drug-likeness (QED) is 0.558. The number of aliphatic imine (C=N–C) groups is 1. The van der Waals surface area contributed by atoms with Gasteiger partial charge in [0.1, 0.15) is 11.5 Å². The van der Waals surface area contributed by atoms with Crippen molar-refractivity contribution in [2.24, 2.45) is 16.6 Å². The molecule has 0 bridgehead atoms. The molecule has 3 N–H and O–H groups in total. The number of nitrogens with one attached hydrogen (secondary N) is 1. The van der Waals surface area contributed by atoms with Crippen LogP contribution in [0.5, 0.6) is 17.4 Å². The van der Waals surface area contributed by atoms with Crippen LogP contribution in [0.15, 0.2) is 41.5 Å². The molecule has 1 fully saturated rings. The maximum atomic E-state index is 6.01. The number of aromatic nitrogens is 1. The normalized spacial score (nSPS) is 14.0. The highest BCUT2D eigenvalue weighted by Gasteiger charge is 2.22. The van der Waals surface area contributed by atoms with Gasteiger partial charge in [-0.15, -0.1) is 0 Å². The van der Waals surface area contributed by atoms with E-state index in [2.05, 4.69) is 15.3 Å². The number of ether oxygens (including phenoxy) is 3. The van der Waals surface area contributed by atoms with Crippen LogP contribution in [0.2, 0.25) is 0 Å². The number of hydrogen-bond acceptors (Lipinski definition) is 5. The lowest BCUT2D eigenvalue weighted by Gasteiger charge is -2.12. The number of rotatable bonds is 8. The molecule has 0 aliphatic heterocycles. The predicted molar refractivity (Wildman–Crippen MR) is 101 cm³/mol. The van der Waals surface area contributed by atoms with Gasteiger partial charge >= 0.3 is 0 Å². The van der Waals surface area contributed by atoms with Crippen LogP contribution in [-0.4, -0.2) is 31.8 Å². The van der Waals surface area contributed by atoms with Gasteiger partial charge in [0.15, 0.2) is 5.96 Å². The van der Waals surface area contributed by atoms with Gasteiger partial charge in [-0.2, -0.15) is 0 Å². The summed E-state index contributed by atoms with van der Waals surface area (Å²) in [6, 6.07) is 9.22. The van der Waals surface area contributed by atoms with E-state index >= 15 is 0 Å². The van der Waals surface area contributed by atoms with Gasteiger partial charge in [-0.1, -0.05) is 0 Å². The minimum Gasteiger partial charge on any atom is -0.497 e. The van der Waals surface area contributed by atoms with E-state index in [1.807, 2.05) is 18.2 Å². The monoisotopic (exact) mass is 356 g/mol. The van der Waals surface area contributed by atoms with E-state index in [4.69, 9.17) is 19.9 Å². The first-order valence-corrected chi connectivity index (χ1v) is 8.54. The van der Waals surface area contributed by atoms with Crippen LogP contribution in [0.4, 0.5) is 5.69 Å². The highest BCUT2D eigenvalue weighted by Crippen LogP contribution is 2.29. The van der Waals surface area contributed by atoms with Gasteiger partial charge in [0, 0.05) is 18.3 Å². The Labute approximate surface area is 153 Å². The van der Waals surface area contributed by atoms with Crippen molar-refractivity contribution in [3.8, 4) is 17.4 Å². The molecule has 138 valence electrons. The van der Waals surface area contributed by atoms with Gasteiger partial charge in [0.05, 0.1) is 33.1 Å². The third-order valence-corrected chi connectivity index (χ3v) is 4.06.